The van der Waals surface area contributed by atoms with Crippen molar-refractivity contribution in [3.8, 4) is 0 Å². The number of carboxylic acid groups (broad SMARTS) is 1. The third-order valence-electron chi connectivity index (χ3n) is 1.72. The summed E-state index contributed by atoms with van der Waals surface area (Å²) in [4.78, 5) is 12.2. The molecule has 0 aliphatic carbocycles. The van der Waals surface area contributed by atoms with E-state index in [-0.39, 0.29) is 24.9 Å². The lowest BCUT2D eigenvalue weighted by molar-refractivity contribution is -0.138. The SMILES string of the molecule is CCN(C)C(C)CC(=O)O.Cl. The van der Waals surface area contributed by atoms with Gasteiger partial charge in [0.1, 0.15) is 0 Å². The summed E-state index contributed by atoms with van der Waals surface area (Å²) in [5.41, 5.74) is 0. The maximum Gasteiger partial charge on any atom is 0.304 e. The van der Waals surface area contributed by atoms with Gasteiger partial charge in [0.2, 0.25) is 0 Å². The van der Waals surface area contributed by atoms with E-state index in [0.717, 1.165) is 6.54 Å². The summed E-state index contributed by atoms with van der Waals surface area (Å²) < 4.78 is 0. The topological polar surface area (TPSA) is 40.5 Å². The maximum absolute atomic E-state index is 10.2. The zero-order valence-corrected chi connectivity index (χ0v) is 8.02. The van der Waals surface area contributed by atoms with E-state index in [1.807, 2.05) is 25.8 Å². The summed E-state index contributed by atoms with van der Waals surface area (Å²) in [6.45, 7) is 4.82. The number of carbonyl (C=O) groups is 1. The Bertz CT molecular complexity index is 119. The summed E-state index contributed by atoms with van der Waals surface area (Å²) in [5.74, 6) is -0.729. The van der Waals surface area contributed by atoms with Gasteiger partial charge in [-0.3, -0.25) is 4.79 Å². The summed E-state index contributed by atoms with van der Waals surface area (Å²) in [5, 5.41) is 8.40. The molecule has 0 aromatic heterocycles. The number of hydrogen-bond acceptors (Lipinski definition) is 2. The van der Waals surface area contributed by atoms with Crippen LogP contribution in [0, 0.1) is 0 Å². The Morgan fingerprint density at radius 2 is 2.09 bits per heavy atom. The van der Waals surface area contributed by atoms with Gasteiger partial charge in [0, 0.05) is 6.04 Å². The van der Waals surface area contributed by atoms with Crippen LogP contribution in [0.3, 0.4) is 0 Å². The lowest BCUT2D eigenvalue weighted by Crippen LogP contribution is -2.30. The zero-order chi connectivity index (χ0) is 8.15. The van der Waals surface area contributed by atoms with Gasteiger partial charge in [-0.25, -0.2) is 0 Å². The summed E-state index contributed by atoms with van der Waals surface area (Å²) >= 11 is 0. The fraction of sp³-hybridized carbons (Fsp3) is 0.857. The van der Waals surface area contributed by atoms with Gasteiger partial charge >= 0.3 is 5.97 Å². The lowest BCUT2D eigenvalue weighted by Gasteiger charge is -2.20. The molecular weight excluding hydrogens is 166 g/mol. The minimum Gasteiger partial charge on any atom is -0.481 e. The second-order valence-electron chi connectivity index (χ2n) is 2.52. The van der Waals surface area contributed by atoms with E-state index in [1.165, 1.54) is 0 Å². The van der Waals surface area contributed by atoms with Crippen LogP contribution in [0.15, 0.2) is 0 Å². The van der Waals surface area contributed by atoms with Crippen molar-refractivity contribution in [3.63, 3.8) is 0 Å². The molecule has 0 aliphatic rings. The largest absolute Gasteiger partial charge is 0.481 e. The Kier molecular flexibility index (Phi) is 7.79. The van der Waals surface area contributed by atoms with Crippen LogP contribution in [0.1, 0.15) is 20.3 Å². The first-order chi connectivity index (χ1) is 4.57. The molecule has 0 aliphatic heterocycles. The Morgan fingerprint density at radius 3 is 2.36 bits per heavy atom. The molecule has 68 valence electrons. The van der Waals surface area contributed by atoms with Crippen molar-refractivity contribution in [2.45, 2.75) is 26.3 Å². The molecule has 0 rings (SSSR count). The van der Waals surface area contributed by atoms with Gasteiger partial charge in [-0.15, -0.1) is 12.4 Å². The molecule has 0 saturated heterocycles. The first kappa shape index (κ1) is 13.3. The van der Waals surface area contributed by atoms with E-state index in [2.05, 4.69) is 0 Å². The summed E-state index contributed by atoms with van der Waals surface area (Å²) in [7, 11) is 1.92. The van der Waals surface area contributed by atoms with Gasteiger partial charge in [-0.05, 0) is 20.5 Å². The van der Waals surface area contributed by atoms with Crippen molar-refractivity contribution >= 4 is 18.4 Å². The van der Waals surface area contributed by atoms with Crippen LogP contribution in [0.4, 0.5) is 0 Å². The first-order valence-corrected chi connectivity index (χ1v) is 3.50. The average molecular weight is 182 g/mol. The van der Waals surface area contributed by atoms with Gasteiger partial charge in [0.15, 0.2) is 0 Å². The van der Waals surface area contributed by atoms with Crippen LogP contribution < -0.4 is 0 Å². The molecular formula is C7H16ClNO2. The quantitative estimate of drug-likeness (QED) is 0.709. The molecule has 0 spiro atoms. The predicted octanol–water partition coefficient (Wildman–Crippen LogP) is 1.22. The van der Waals surface area contributed by atoms with Crippen molar-refractivity contribution in [2.75, 3.05) is 13.6 Å². The average Bonchev–Trinajstić information content (AvgIpc) is 1.85. The molecule has 0 aromatic carbocycles. The highest BCUT2D eigenvalue weighted by Crippen LogP contribution is 1.99. The van der Waals surface area contributed by atoms with Crippen molar-refractivity contribution in [1.82, 2.24) is 4.90 Å². The zero-order valence-electron chi connectivity index (χ0n) is 7.20. The van der Waals surface area contributed by atoms with Crippen molar-refractivity contribution in [2.24, 2.45) is 0 Å². The molecule has 0 fully saturated rings. The van der Waals surface area contributed by atoms with E-state index >= 15 is 0 Å². The molecule has 1 unspecified atom stereocenters. The molecule has 11 heavy (non-hydrogen) atoms. The Hall–Kier alpha value is -0.280. The van der Waals surface area contributed by atoms with E-state index in [4.69, 9.17) is 5.11 Å². The van der Waals surface area contributed by atoms with Gasteiger partial charge in [-0.2, -0.15) is 0 Å². The summed E-state index contributed by atoms with van der Waals surface area (Å²) in [6.07, 6.45) is 0.227. The molecule has 1 atom stereocenters. The molecule has 0 bridgehead atoms. The molecule has 0 heterocycles. The predicted molar refractivity (Wildman–Crippen MR) is 47.3 cm³/mol. The highest BCUT2D eigenvalue weighted by atomic mass is 35.5. The maximum atomic E-state index is 10.2. The lowest BCUT2D eigenvalue weighted by atomic mass is 10.2. The van der Waals surface area contributed by atoms with E-state index in [9.17, 15) is 4.79 Å². The second-order valence-corrected chi connectivity index (χ2v) is 2.52. The van der Waals surface area contributed by atoms with Crippen molar-refractivity contribution in [1.29, 1.82) is 0 Å². The van der Waals surface area contributed by atoms with Crippen molar-refractivity contribution < 1.29 is 9.90 Å². The van der Waals surface area contributed by atoms with Crippen LogP contribution in [0.25, 0.3) is 0 Å². The molecule has 3 nitrogen and oxygen atoms in total. The van der Waals surface area contributed by atoms with Crippen LogP contribution in [0.2, 0.25) is 0 Å². The highest BCUT2D eigenvalue weighted by molar-refractivity contribution is 5.85. The fourth-order valence-corrected chi connectivity index (χ4v) is 0.720. The van der Waals surface area contributed by atoms with Gasteiger partial charge in [-0.1, -0.05) is 6.92 Å². The third kappa shape index (κ3) is 6.13. The van der Waals surface area contributed by atoms with Crippen molar-refractivity contribution in [3.05, 3.63) is 0 Å². The van der Waals surface area contributed by atoms with Crippen LogP contribution in [-0.2, 0) is 4.79 Å². The number of nitrogens with zero attached hydrogens (tertiary/aromatic N) is 1. The third-order valence-corrected chi connectivity index (χ3v) is 1.72. The summed E-state index contributed by atoms with van der Waals surface area (Å²) in [6, 6.07) is 0.141. The van der Waals surface area contributed by atoms with Gasteiger partial charge < -0.3 is 10.0 Å². The molecule has 0 radical (unpaired) electrons. The van der Waals surface area contributed by atoms with Crippen LogP contribution in [-0.4, -0.2) is 35.6 Å². The molecule has 0 saturated carbocycles. The standard InChI is InChI=1S/C7H15NO2.ClH/c1-4-8(3)6(2)5-7(9)10;/h6H,4-5H2,1-3H3,(H,9,10);1H. The highest BCUT2D eigenvalue weighted by Gasteiger charge is 2.10. The Labute approximate surface area is 73.8 Å². The number of carboxylic acids is 1. The Morgan fingerprint density at radius 1 is 1.64 bits per heavy atom. The number of halogens is 1. The number of aliphatic carboxylic acids is 1. The Balaban J connectivity index is 0. The van der Waals surface area contributed by atoms with Gasteiger partial charge in [0.25, 0.3) is 0 Å². The number of rotatable bonds is 4. The van der Waals surface area contributed by atoms with Crippen LogP contribution in [0.5, 0.6) is 0 Å². The number of hydrogen-bond donors (Lipinski definition) is 1. The monoisotopic (exact) mass is 181 g/mol. The van der Waals surface area contributed by atoms with Gasteiger partial charge in [0.05, 0.1) is 6.42 Å². The fourth-order valence-electron chi connectivity index (χ4n) is 0.720. The molecule has 4 heteroatoms. The van der Waals surface area contributed by atoms with E-state index < -0.39 is 5.97 Å². The van der Waals surface area contributed by atoms with E-state index in [1.54, 1.807) is 0 Å². The molecule has 0 aromatic rings. The van der Waals surface area contributed by atoms with E-state index in [0.29, 0.717) is 0 Å². The second kappa shape index (κ2) is 6.43. The minimum absolute atomic E-state index is 0. The van der Waals surface area contributed by atoms with Crippen LogP contribution >= 0.6 is 12.4 Å². The normalized spacial score (nSPS) is 12.4. The molecule has 0 amide bonds. The minimum atomic E-state index is -0.729. The molecule has 1 N–H and O–H groups in total. The first-order valence-electron chi connectivity index (χ1n) is 3.50. The smallest absolute Gasteiger partial charge is 0.304 e.